The fourth-order valence-electron chi connectivity index (χ4n) is 2.39. The van der Waals surface area contributed by atoms with E-state index >= 15 is 0 Å². The van der Waals surface area contributed by atoms with Gasteiger partial charge < -0.3 is 10.2 Å². The zero-order valence-corrected chi connectivity index (χ0v) is 14.0. The molecular formula is C15H16BClN6O. The lowest BCUT2D eigenvalue weighted by Crippen LogP contribution is -2.55. The number of carbonyl (C=O) groups is 1. The van der Waals surface area contributed by atoms with Crippen molar-refractivity contribution in [2.75, 3.05) is 0 Å². The number of hydrogen-bond acceptors (Lipinski definition) is 6. The smallest absolute Gasteiger partial charge is 0.268 e. The quantitative estimate of drug-likeness (QED) is 0.420. The highest BCUT2D eigenvalue weighted by molar-refractivity contribution is 6.66. The minimum atomic E-state index is -0.436. The van der Waals surface area contributed by atoms with Crippen molar-refractivity contribution in [1.82, 2.24) is 15.7 Å². The van der Waals surface area contributed by atoms with Crippen LogP contribution in [-0.4, -0.2) is 48.5 Å². The van der Waals surface area contributed by atoms with Gasteiger partial charge in [0.05, 0.1) is 6.34 Å². The fourth-order valence-corrected chi connectivity index (χ4v) is 2.58. The molecule has 0 saturated heterocycles. The summed E-state index contributed by atoms with van der Waals surface area (Å²) in [6.07, 6.45) is 10.4. The molecule has 1 aliphatic carbocycles. The summed E-state index contributed by atoms with van der Waals surface area (Å²) in [4.78, 5) is 25.8. The summed E-state index contributed by atoms with van der Waals surface area (Å²) in [5.74, 6) is -0.0205. The van der Waals surface area contributed by atoms with Gasteiger partial charge in [0.2, 0.25) is 5.29 Å². The first kappa shape index (κ1) is 16.5. The van der Waals surface area contributed by atoms with Crippen LogP contribution in [0.1, 0.15) is 13.8 Å². The molecule has 0 saturated carbocycles. The predicted octanol–water partition coefficient (Wildman–Crippen LogP) is 0.815. The zero-order valence-electron chi connectivity index (χ0n) is 13.3. The molecular weight excluding hydrogens is 326 g/mol. The Balaban J connectivity index is 1.72. The van der Waals surface area contributed by atoms with Gasteiger partial charge in [-0.05, 0) is 17.7 Å². The lowest BCUT2D eigenvalue weighted by molar-refractivity contribution is -0.119. The maximum Gasteiger partial charge on any atom is 0.268 e. The van der Waals surface area contributed by atoms with Crippen molar-refractivity contribution < 1.29 is 4.79 Å². The van der Waals surface area contributed by atoms with Gasteiger partial charge in [0.1, 0.15) is 11.9 Å². The van der Waals surface area contributed by atoms with E-state index in [2.05, 4.69) is 25.7 Å². The number of carbonyl (C=O) groups excluding carboxylic acids is 1. The van der Waals surface area contributed by atoms with Crippen LogP contribution >= 0.6 is 11.6 Å². The monoisotopic (exact) mass is 342 g/mol. The first-order chi connectivity index (χ1) is 11.4. The predicted molar refractivity (Wildman–Crippen MR) is 95.8 cm³/mol. The van der Waals surface area contributed by atoms with Crippen molar-refractivity contribution in [3.8, 4) is 0 Å². The van der Waals surface area contributed by atoms with Crippen molar-refractivity contribution in [3.05, 3.63) is 36.0 Å². The Hall–Kier alpha value is -2.35. The van der Waals surface area contributed by atoms with Gasteiger partial charge in [-0.25, -0.2) is 15.0 Å². The maximum atomic E-state index is 12.4. The van der Waals surface area contributed by atoms with Crippen molar-refractivity contribution in [1.29, 1.82) is 0 Å². The van der Waals surface area contributed by atoms with Gasteiger partial charge >= 0.3 is 0 Å². The third-order valence-corrected chi connectivity index (χ3v) is 3.91. The molecule has 0 spiro atoms. The molecule has 0 aromatic heterocycles. The normalized spacial score (nSPS) is 26.5. The minimum Gasteiger partial charge on any atom is -0.363 e. The van der Waals surface area contributed by atoms with Crippen LogP contribution in [0, 0.1) is 5.41 Å². The van der Waals surface area contributed by atoms with E-state index in [9.17, 15) is 4.79 Å². The van der Waals surface area contributed by atoms with Crippen molar-refractivity contribution in [2.45, 2.75) is 26.1 Å². The summed E-state index contributed by atoms with van der Waals surface area (Å²) in [6, 6.07) is -0.365. The Labute approximate surface area is 146 Å². The van der Waals surface area contributed by atoms with E-state index in [0.29, 0.717) is 11.4 Å². The van der Waals surface area contributed by atoms with E-state index in [1.165, 1.54) is 6.34 Å². The number of allylic oxidation sites excluding steroid dienone is 4. The molecule has 1 amide bonds. The van der Waals surface area contributed by atoms with Crippen LogP contribution in [0.25, 0.3) is 0 Å². The number of aliphatic imine (C=N–C) groups is 3. The van der Waals surface area contributed by atoms with E-state index in [1.807, 2.05) is 32.1 Å². The summed E-state index contributed by atoms with van der Waals surface area (Å²) in [7, 11) is 5.96. The molecule has 3 rings (SSSR count). The number of amides is 1. The fraction of sp³-hybridized carbons (Fsp3) is 0.333. The van der Waals surface area contributed by atoms with E-state index < -0.39 is 6.17 Å². The molecule has 2 heterocycles. The van der Waals surface area contributed by atoms with Crippen molar-refractivity contribution in [2.24, 2.45) is 20.4 Å². The number of nitrogens with one attached hydrogen (secondary N) is 2. The number of amidine groups is 2. The SMILES string of the molecule is [B]N(NC(=O)C1=CC=CC(C)(C)C=C1)C1=NC(Cl)=NC2N=CNC12. The second-order valence-electron chi connectivity index (χ2n) is 6.15. The Morgan fingerprint density at radius 3 is 3.04 bits per heavy atom. The molecule has 7 nitrogen and oxygen atoms in total. The van der Waals surface area contributed by atoms with Crippen LogP contribution < -0.4 is 10.7 Å². The lowest BCUT2D eigenvalue weighted by atomic mass is 9.93. The Bertz CT molecular complexity index is 736. The van der Waals surface area contributed by atoms with Gasteiger partial charge in [0.15, 0.2) is 6.17 Å². The van der Waals surface area contributed by atoms with Crippen LogP contribution in [0.5, 0.6) is 0 Å². The van der Waals surface area contributed by atoms with Crippen LogP contribution in [0.3, 0.4) is 0 Å². The van der Waals surface area contributed by atoms with Crippen molar-refractivity contribution in [3.63, 3.8) is 0 Å². The summed E-state index contributed by atoms with van der Waals surface area (Å²) in [5, 5.41) is 3.02. The number of rotatable bonds is 1. The van der Waals surface area contributed by atoms with E-state index in [4.69, 9.17) is 19.6 Å². The maximum absolute atomic E-state index is 12.4. The van der Waals surface area contributed by atoms with Crippen molar-refractivity contribution >= 4 is 43.0 Å². The number of halogens is 1. The topological polar surface area (TPSA) is 81.5 Å². The van der Waals surface area contributed by atoms with Gasteiger partial charge in [-0.3, -0.25) is 10.2 Å². The highest BCUT2D eigenvalue weighted by Gasteiger charge is 2.34. The average molecular weight is 343 g/mol. The molecule has 0 bridgehead atoms. The van der Waals surface area contributed by atoms with Crippen LogP contribution in [0.15, 0.2) is 50.9 Å². The molecule has 2 unspecified atom stereocenters. The summed E-state index contributed by atoms with van der Waals surface area (Å²) >= 11 is 5.89. The molecule has 2 N–H and O–H groups in total. The summed E-state index contributed by atoms with van der Waals surface area (Å²) in [5.41, 5.74) is 2.95. The summed E-state index contributed by atoms with van der Waals surface area (Å²) < 4.78 is 0. The molecule has 0 aromatic carbocycles. The molecule has 122 valence electrons. The van der Waals surface area contributed by atoms with E-state index in [0.717, 1.165) is 4.92 Å². The van der Waals surface area contributed by atoms with E-state index in [1.54, 1.807) is 12.2 Å². The Kier molecular flexibility index (Phi) is 4.32. The van der Waals surface area contributed by atoms with Gasteiger partial charge in [-0.2, -0.15) is 0 Å². The first-order valence-corrected chi connectivity index (χ1v) is 7.78. The number of hydrogen-bond donors (Lipinski definition) is 2. The standard InChI is InChI=1S/C15H16BClN6O/c1-15(2)6-3-4-9(5-7-15)13(24)22-23(16)12-10-11(19-8-18-10)20-14(17)21-12/h3-8,10-11H,1-2H3,(H,18,19)(H,22,24). The number of nitrogens with zero attached hydrogens (tertiary/aromatic N) is 4. The van der Waals surface area contributed by atoms with E-state index in [-0.39, 0.29) is 22.7 Å². The van der Waals surface area contributed by atoms with Gasteiger partial charge in [0, 0.05) is 11.0 Å². The molecule has 2 radical (unpaired) electrons. The average Bonchev–Trinajstić information content (AvgIpc) is 2.89. The largest absolute Gasteiger partial charge is 0.363 e. The molecule has 2 aliphatic heterocycles. The van der Waals surface area contributed by atoms with Crippen LogP contribution in [-0.2, 0) is 4.79 Å². The van der Waals surface area contributed by atoms with Gasteiger partial charge in [-0.1, -0.05) is 38.2 Å². The molecule has 0 aromatic rings. The Morgan fingerprint density at radius 1 is 1.46 bits per heavy atom. The summed E-state index contributed by atoms with van der Waals surface area (Å²) in [6.45, 7) is 4.10. The number of fused-ring (bicyclic) bond motifs is 1. The molecule has 0 fully saturated rings. The third-order valence-electron chi connectivity index (χ3n) is 3.73. The second-order valence-corrected chi connectivity index (χ2v) is 6.49. The third kappa shape index (κ3) is 3.43. The first-order valence-electron chi connectivity index (χ1n) is 7.40. The minimum absolute atomic E-state index is 0.0371. The zero-order chi connectivity index (χ0) is 17.3. The Morgan fingerprint density at radius 2 is 2.25 bits per heavy atom. The highest BCUT2D eigenvalue weighted by atomic mass is 35.5. The second kappa shape index (κ2) is 6.28. The number of hydrazine groups is 1. The van der Waals surface area contributed by atoms with Gasteiger partial charge in [0.25, 0.3) is 13.9 Å². The molecule has 3 aliphatic rings. The van der Waals surface area contributed by atoms with Crippen LogP contribution in [0.4, 0.5) is 0 Å². The van der Waals surface area contributed by atoms with Gasteiger partial charge in [-0.15, -0.1) is 0 Å². The lowest BCUT2D eigenvalue weighted by Gasteiger charge is -2.30. The van der Waals surface area contributed by atoms with Crippen LogP contribution in [0.2, 0.25) is 0 Å². The molecule has 24 heavy (non-hydrogen) atoms. The molecule has 2 atom stereocenters. The highest BCUT2D eigenvalue weighted by Crippen LogP contribution is 2.22. The molecule has 9 heteroatoms.